The van der Waals surface area contributed by atoms with E-state index in [4.69, 9.17) is 9.84 Å². The summed E-state index contributed by atoms with van der Waals surface area (Å²) in [6, 6.07) is 8.47. The van der Waals surface area contributed by atoms with Crippen LogP contribution in [-0.2, 0) is 24.1 Å². The highest BCUT2D eigenvalue weighted by Crippen LogP contribution is 2.44. The molecule has 1 aliphatic carbocycles. The summed E-state index contributed by atoms with van der Waals surface area (Å²) in [4.78, 5) is 22.9. The van der Waals surface area contributed by atoms with E-state index in [0.29, 0.717) is 34.9 Å². The summed E-state index contributed by atoms with van der Waals surface area (Å²) in [6.45, 7) is 0.188. The number of pyridine rings is 1. The highest BCUT2D eigenvalue weighted by Gasteiger charge is 2.38. The quantitative estimate of drug-likeness (QED) is 0.369. The maximum atomic E-state index is 15.6. The molecule has 0 saturated carbocycles. The summed E-state index contributed by atoms with van der Waals surface area (Å²) in [5.74, 6) is -3.22. The van der Waals surface area contributed by atoms with Crippen LogP contribution in [0.2, 0.25) is 0 Å². The lowest BCUT2D eigenvalue weighted by molar-refractivity contribution is 0.0115. The Labute approximate surface area is 220 Å². The third-order valence-electron chi connectivity index (χ3n) is 6.73. The van der Waals surface area contributed by atoms with E-state index >= 15 is 4.39 Å². The summed E-state index contributed by atoms with van der Waals surface area (Å²) in [5, 5.41) is 7.81. The Balaban J connectivity index is 1.42. The zero-order chi connectivity index (χ0) is 26.4. The smallest absolute Gasteiger partial charge is 0.413 e. The maximum Gasteiger partial charge on any atom is 0.413 e. The Morgan fingerprint density at radius 1 is 1.26 bits per heavy atom. The van der Waals surface area contributed by atoms with Gasteiger partial charge in [0.2, 0.25) is 0 Å². The number of rotatable bonds is 5. The van der Waals surface area contributed by atoms with E-state index in [1.54, 1.807) is 34.1 Å². The molecule has 1 saturated heterocycles. The zero-order valence-corrected chi connectivity index (χ0v) is 21.2. The number of carbonyl (C=O) groups is 1. The molecule has 0 spiro atoms. The molecule has 0 bridgehead atoms. The predicted molar refractivity (Wildman–Crippen MR) is 136 cm³/mol. The van der Waals surface area contributed by atoms with Crippen molar-refractivity contribution in [3.63, 3.8) is 0 Å². The lowest BCUT2D eigenvalue weighted by Gasteiger charge is -2.17. The first-order valence-electron chi connectivity index (χ1n) is 12.1. The van der Waals surface area contributed by atoms with Crippen molar-refractivity contribution in [3.8, 4) is 27.5 Å². The maximum absolute atomic E-state index is 15.6. The van der Waals surface area contributed by atoms with Crippen molar-refractivity contribution < 1.29 is 22.7 Å². The summed E-state index contributed by atoms with van der Waals surface area (Å²) in [5.41, 5.74) is 4.75. The number of aryl methyl sites for hydroxylation is 1. The molecule has 196 valence electrons. The van der Waals surface area contributed by atoms with Crippen LogP contribution < -0.4 is 5.32 Å². The van der Waals surface area contributed by atoms with Crippen LogP contribution in [0.3, 0.4) is 0 Å². The molecule has 1 N–H and O–H groups in total. The molecule has 3 aromatic heterocycles. The largest absolute Gasteiger partial charge is 0.453 e. The van der Waals surface area contributed by atoms with Crippen LogP contribution in [0.5, 0.6) is 0 Å². The van der Waals surface area contributed by atoms with Gasteiger partial charge in [0.05, 0.1) is 35.6 Å². The lowest BCUT2D eigenvalue weighted by Crippen LogP contribution is -2.24. The standard InChI is InChI=1S/C26H23F3N6O2S/c1-37-25(36)32-24-31-19-6-5-17-21(16-3-2-9-30-12-16)33-35(22(17)23(19)38-24)20-7-4-15(11-18(20)27)13-34-10-8-26(28,29)14-34/h2-4,7,9,11-12H,5-6,8,10,13-14H2,1H3,(H,31,32,36). The average molecular weight is 541 g/mol. The molecule has 0 atom stereocenters. The minimum absolute atomic E-state index is 0.186. The number of methoxy groups -OCH3 is 1. The molecule has 0 radical (unpaired) electrons. The number of hydrogen-bond acceptors (Lipinski definition) is 7. The molecule has 0 unspecified atom stereocenters. The van der Waals surface area contributed by atoms with Gasteiger partial charge in [-0.3, -0.25) is 15.2 Å². The topological polar surface area (TPSA) is 85.2 Å². The number of aromatic nitrogens is 4. The summed E-state index contributed by atoms with van der Waals surface area (Å²) in [7, 11) is 1.28. The van der Waals surface area contributed by atoms with Crippen molar-refractivity contribution in [1.82, 2.24) is 24.6 Å². The van der Waals surface area contributed by atoms with E-state index in [2.05, 4.69) is 15.3 Å². The summed E-state index contributed by atoms with van der Waals surface area (Å²) in [6.07, 6.45) is 3.82. The number of nitrogens with one attached hydrogen (secondary N) is 1. The normalized spacial score (nSPS) is 16.2. The number of likely N-dealkylation sites (tertiary alicyclic amines) is 1. The van der Waals surface area contributed by atoms with E-state index in [0.717, 1.165) is 21.7 Å². The highest BCUT2D eigenvalue weighted by atomic mass is 32.1. The van der Waals surface area contributed by atoms with Gasteiger partial charge in [0.15, 0.2) is 5.13 Å². The van der Waals surface area contributed by atoms with Gasteiger partial charge in [0, 0.05) is 43.0 Å². The highest BCUT2D eigenvalue weighted by molar-refractivity contribution is 7.19. The van der Waals surface area contributed by atoms with Crippen LogP contribution in [0.15, 0.2) is 42.7 Å². The van der Waals surface area contributed by atoms with E-state index in [9.17, 15) is 13.6 Å². The fourth-order valence-electron chi connectivity index (χ4n) is 4.99. The van der Waals surface area contributed by atoms with Crippen molar-refractivity contribution in [2.75, 3.05) is 25.5 Å². The number of fused-ring (bicyclic) bond motifs is 3. The van der Waals surface area contributed by atoms with Gasteiger partial charge in [-0.15, -0.1) is 0 Å². The molecule has 1 fully saturated rings. The van der Waals surface area contributed by atoms with Crippen molar-refractivity contribution >= 4 is 22.6 Å². The predicted octanol–water partition coefficient (Wildman–Crippen LogP) is 5.31. The van der Waals surface area contributed by atoms with Gasteiger partial charge < -0.3 is 4.74 Å². The van der Waals surface area contributed by atoms with Crippen molar-refractivity contribution in [2.24, 2.45) is 0 Å². The van der Waals surface area contributed by atoms with E-state index < -0.39 is 17.8 Å². The van der Waals surface area contributed by atoms with E-state index in [1.807, 2.05) is 12.1 Å². The molecule has 1 amide bonds. The van der Waals surface area contributed by atoms with Crippen molar-refractivity contribution in [3.05, 3.63) is 65.4 Å². The molecule has 38 heavy (non-hydrogen) atoms. The monoisotopic (exact) mass is 540 g/mol. The second-order valence-corrected chi connectivity index (χ2v) is 10.3. The number of halogens is 3. The number of alkyl halides is 2. The van der Waals surface area contributed by atoms with Crippen LogP contribution >= 0.6 is 11.3 Å². The third-order valence-corrected chi connectivity index (χ3v) is 7.75. The first kappa shape index (κ1) is 24.6. The number of amides is 1. The second-order valence-electron chi connectivity index (χ2n) is 9.34. The van der Waals surface area contributed by atoms with Gasteiger partial charge in [0.25, 0.3) is 5.92 Å². The minimum Gasteiger partial charge on any atom is -0.453 e. The fraction of sp³-hybridized carbons (Fsp3) is 0.308. The molecule has 6 rings (SSSR count). The number of anilines is 1. The summed E-state index contributed by atoms with van der Waals surface area (Å²) < 4.78 is 49.1. The fourth-order valence-corrected chi connectivity index (χ4v) is 6.05. The Bertz CT molecular complexity index is 1520. The number of ether oxygens (including phenoxy) is 1. The number of benzene rings is 1. The van der Waals surface area contributed by atoms with Crippen LogP contribution in [-0.4, -0.2) is 56.9 Å². The number of nitrogens with zero attached hydrogens (tertiary/aromatic N) is 5. The Hall–Kier alpha value is -3.77. The van der Waals surface area contributed by atoms with Gasteiger partial charge in [-0.25, -0.2) is 27.6 Å². The minimum atomic E-state index is -2.71. The van der Waals surface area contributed by atoms with Crippen LogP contribution in [0.1, 0.15) is 23.2 Å². The number of hydrogen-bond donors (Lipinski definition) is 1. The van der Waals surface area contributed by atoms with Crippen LogP contribution in [0.25, 0.3) is 27.5 Å². The molecule has 4 aromatic rings. The Morgan fingerprint density at radius 3 is 2.84 bits per heavy atom. The third kappa shape index (κ3) is 4.54. The van der Waals surface area contributed by atoms with E-state index in [1.165, 1.54) is 24.5 Å². The van der Waals surface area contributed by atoms with Gasteiger partial charge in [0.1, 0.15) is 11.5 Å². The molecule has 2 aliphatic rings. The van der Waals surface area contributed by atoms with E-state index in [-0.39, 0.29) is 31.7 Å². The lowest BCUT2D eigenvalue weighted by atomic mass is 9.95. The van der Waals surface area contributed by atoms with Crippen molar-refractivity contribution in [1.29, 1.82) is 0 Å². The number of thiazole rings is 1. The molecule has 1 aliphatic heterocycles. The zero-order valence-electron chi connectivity index (χ0n) is 20.4. The Kier molecular flexibility index (Phi) is 6.15. The van der Waals surface area contributed by atoms with Gasteiger partial charge in [-0.05, 0) is 42.7 Å². The average Bonchev–Trinajstić information content (AvgIpc) is 3.58. The molecule has 1 aromatic carbocycles. The second kappa shape index (κ2) is 9.52. The molecular formula is C26H23F3N6O2S. The first-order valence-corrected chi connectivity index (χ1v) is 12.9. The van der Waals surface area contributed by atoms with Crippen LogP contribution in [0.4, 0.5) is 23.1 Å². The van der Waals surface area contributed by atoms with Gasteiger partial charge in [-0.1, -0.05) is 17.4 Å². The van der Waals surface area contributed by atoms with Gasteiger partial charge >= 0.3 is 6.09 Å². The first-order chi connectivity index (χ1) is 18.3. The van der Waals surface area contributed by atoms with Gasteiger partial charge in [-0.2, -0.15) is 5.10 Å². The molecule has 8 nitrogen and oxygen atoms in total. The number of carbonyl (C=O) groups excluding carboxylic acids is 1. The SMILES string of the molecule is COC(=O)Nc1nc2c(s1)-c1c(c(-c3cccnc3)nn1-c1ccc(CN3CCC(F)(F)C3)cc1F)CC2. The Morgan fingerprint density at radius 2 is 2.13 bits per heavy atom. The van der Waals surface area contributed by atoms with Crippen molar-refractivity contribution in [2.45, 2.75) is 31.7 Å². The molecular weight excluding hydrogens is 517 g/mol. The summed E-state index contributed by atoms with van der Waals surface area (Å²) >= 11 is 1.27. The molecule has 4 heterocycles. The molecule has 12 heteroatoms. The van der Waals surface area contributed by atoms with Crippen LogP contribution in [0, 0.1) is 5.82 Å².